The van der Waals surface area contributed by atoms with Crippen molar-refractivity contribution in [3.05, 3.63) is 12.7 Å². The van der Waals surface area contributed by atoms with E-state index in [1.54, 1.807) is 6.92 Å². The summed E-state index contributed by atoms with van der Waals surface area (Å²) in [6.07, 6.45) is -1.38. The van der Waals surface area contributed by atoms with Crippen LogP contribution in [0.3, 0.4) is 0 Å². The number of aromatic nitrogens is 4. The van der Waals surface area contributed by atoms with Gasteiger partial charge in [-0.3, -0.25) is 9.36 Å². The Morgan fingerprint density at radius 2 is 2.13 bits per heavy atom. The van der Waals surface area contributed by atoms with Crippen LogP contribution in [0.1, 0.15) is 19.6 Å². The maximum atomic E-state index is 11.5. The van der Waals surface area contributed by atoms with Gasteiger partial charge in [0.2, 0.25) is 5.91 Å². The van der Waals surface area contributed by atoms with Gasteiger partial charge < -0.3 is 25.4 Å². The van der Waals surface area contributed by atoms with Crippen LogP contribution in [-0.4, -0.2) is 65.7 Å². The molecule has 0 aromatic carbocycles. The van der Waals surface area contributed by atoms with Crippen molar-refractivity contribution in [1.29, 1.82) is 0 Å². The Balaban J connectivity index is 1.97. The number of nitrogens with one attached hydrogen (secondary N) is 1. The number of ether oxygens (including phenoxy) is 1. The largest absolute Gasteiger partial charge is 0.394 e. The van der Waals surface area contributed by atoms with Crippen LogP contribution in [0.4, 0.5) is 5.82 Å². The highest BCUT2D eigenvalue weighted by Gasteiger charge is 2.44. The number of carbonyl (C=O) groups is 1. The van der Waals surface area contributed by atoms with E-state index in [1.165, 1.54) is 17.2 Å². The van der Waals surface area contributed by atoms with Crippen molar-refractivity contribution in [2.75, 3.05) is 11.9 Å². The van der Waals surface area contributed by atoms with E-state index in [4.69, 9.17) is 9.84 Å². The molecule has 1 amide bonds. The summed E-state index contributed by atoms with van der Waals surface area (Å²) in [5, 5.41) is 31.7. The minimum absolute atomic E-state index is 0.215. The van der Waals surface area contributed by atoms with Gasteiger partial charge in [0.1, 0.15) is 24.6 Å². The molecule has 1 saturated heterocycles. The van der Waals surface area contributed by atoms with Crippen LogP contribution in [0.5, 0.6) is 0 Å². The van der Waals surface area contributed by atoms with E-state index in [9.17, 15) is 15.0 Å². The van der Waals surface area contributed by atoms with E-state index in [0.717, 1.165) is 0 Å². The number of anilines is 1. The molecule has 0 bridgehead atoms. The Morgan fingerprint density at radius 1 is 1.35 bits per heavy atom. The molecule has 0 saturated carbocycles. The molecule has 3 heterocycles. The lowest BCUT2D eigenvalue weighted by Gasteiger charge is -2.16. The van der Waals surface area contributed by atoms with Gasteiger partial charge in [-0.15, -0.1) is 0 Å². The van der Waals surface area contributed by atoms with Crippen LogP contribution in [0.25, 0.3) is 11.2 Å². The van der Waals surface area contributed by atoms with Crippen molar-refractivity contribution in [2.24, 2.45) is 0 Å². The van der Waals surface area contributed by atoms with Gasteiger partial charge >= 0.3 is 0 Å². The number of fused-ring (bicyclic) bond motifs is 1. The third-order valence-corrected chi connectivity index (χ3v) is 3.73. The average molecular weight is 323 g/mol. The molecular weight excluding hydrogens is 306 g/mol. The summed E-state index contributed by atoms with van der Waals surface area (Å²) in [5.41, 5.74) is 0.674. The molecule has 1 aliphatic heterocycles. The number of nitrogens with zero attached hydrogens (tertiary/aromatic N) is 4. The molecule has 124 valence electrons. The highest BCUT2D eigenvalue weighted by atomic mass is 16.6. The SMILES string of the molecule is CCC(=O)Nc1ncnc2c1ncn2[C@@H]1O[C@H](CO)[C@@H](O)[C@H]1O. The van der Waals surface area contributed by atoms with Gasteiger partial charge in [0.25, 0.3) is 0 Å². The number of aliphatic hydroxyl groups is 3. The lowest BCUT2D eigenvalue weighted by atomic mass is 10.1. The van der Waals surface area contributed by atoms with Gasteiger partial charge in [-0.1, -0.05) is 6.92 Å². The Bertz CT molecular complexity index is 720. The Hall–Kier alpha value is -2.14. The number of imidazole rings is 1. The maximum absolute atomic E-state index is 11.5. The molecule has 2 aromatic rings. The number of aliphatic hydroxyl groups excluding tert-OH is 3. The van der Waals surface area contributed by atoms with Crippen molar-refractivity contribution >= 4 is 22.9 Å². The number of hydrogen-bond acceptors (Lipinski definition) is 8. The zero-order chi connectivity index (χ0) is 16.6. The molecule has 0 aliphatic carbocycles. The number of amides is 1. The van der Waals surface area contributed by atoms with Gasteiger partial charge in [0, 0.05) is 6.42 Å². The van der Waals surface area contributed by atoms with E-state index in [0.29, 0.717) is 17.6 Å². The van der Waals surface area contributed by atoms with E-state index < -0.39 is 31.1 Å². The first-order valence-electron chi connectivity index (χ1n) is 7.16. The third-order valence-electron chi connectivity index (χ3n) is 3.73. The smallest absolute Gasteiger partial charge is 0.225 e. The summed E-state index contributed by atoms with van der Waals surface area (Å²) in [4.78, 5) is 23.8. The fourth-order valence-electron chi connectivity index (χ4n) is 2.46. The maximum Gasteiger partial charge on any atom is 0.225 e. The molecule has 1 aliphatic rings. The molecular formula is C13H17N5O5. The quantitative estimate of drug-likeness (QED) is 0.549. The second kappa shape index (κ2) is 6.16. The summed E-state index contributed by atoms with van der Waals surface area (Å²) in [5.74, 6) is 0.0415. The molecule has 4 N–H and O–H groups in total. The van der Waals surface area contributed by atoms with E-state index in [2.05, 4.69) is 20.3 Å². The minimum atomic E-state index is -1.24. The van der Waals surface area contributed by atoms with Crippen LogP contribution in [-0.2, 0) is 9.53 Å². The van der Waals surface area contributed by atoms with Crippen molar-refractivity contribution in [3.8, 4) is 0 Å². The van der Waals surface area contributed by atoms with Crippen molar-refractivity contribution in [1.82, 2.24) is 19.5 Å². The molecule has 3 rings (SSSR count). The second-order valence-electron chi connectivity index (χ2n) is 5.18. The van der Waals surface area contributed by atoms with Gasteiger partial charge in [-0.05, 0) is 0 Å². The van der Waals surface area contributed by atoms with Gasteiger partial charge in [0.05, 0.1) is 12.9 Å². The number of hydrogen-bond donors (Lipinski definition) is 4. The van der Waals surface area contributed by atoms with Crippen LogP contribution < -0.4 is 5.32 Å². The highest BCUT2D eigenvalue weighted by molar-refractivity contribution is 5.96. The number of carbonyl (C=O) groups excluding carboxylic acids is 1. The van der Waals surface area contributed by atoms with Crippen molar-refractivity contribution in [3.63, 3.8) is 0 Å². The lowest BCUT2D eigenvalue weighted by molar-refractivity contribution is -0.115. The topological polar surface area (TPSA) is 143 Å². The summed E-state index contributed by atoms with van der Waals surface area (Å²) in [6.45, 7) is 1.29. The molecule has 1 fully saturated rings. The first kappa shape index (κ1) is 15.7. The van der Waals surface area contributed by atoms with E-state index in [-0.39, 0.29) is 11.7 Å². The molecule has 4 atom stereocenters. The Morgan fingerprint density at radius 3 is 2.78 bits per heavy atom. The molecule has 10 heteroatoms. The van der Waals surface area contributed by atoms with Crippen LogP contribution in [0.15, 0.2) is 12.7 Å². The average Bonchev–Trinajstić information content (AvgIpc) is 3.10. The van der Waals surface area contributed by atoms with Crippen LogP contribution >= 0.6 is 0 Å². The molecule has 2 aromatic heterocycles. The summed E-state index contributed by atoms with van der Waals surface area (Å²) in [7, 11) is 0. The zero-order valence-corrected chi connectivity index (χ0v) is 12.3. The molecule has 23 heavy (non-hydrogen) atoms. The first-order chi connectivity index (χ1) is 11.1. The predicted octanol–water partition coefficient (Wildman–Crippen LogP) is -1.21. The fourth-order valence-corrected chi connectivity index (χ4v) is 2.46. The molecule has 0 radical (unpaired) electrons. The second-order valence-corrected chi connectivity index (χ2v) is 5.18. The predicted molar refractivity (Wildman–Crippen MR) is 77.3 cm³/mol. The van der Waals surface area contributed by atoms with Crippen LogP contribution in [0.2, 0.25) is 0 Å². The fraction of sp³-hybridized carbons (Fsp3) is 0.538. The normalized spacial score (nSPS) is 27.5. The molecule has 10 nitrogen and oxygen atoms in total. The van der Waals surface area contributed by atoms with Gasteiger partial charge in [0.15, 0.2) is 23.2 Å². The number of rotatable bonds is 4. The third kappa shape index (κ3) is 2.65. The minimum Gasteiger partial charge on any atom is -0.394 e. The standard InChI is InChI=1S/C13H17N5O5/c1-2-7(20)17-11-8-12(15-4-14-11)18(5-16-8)13-10(22)9(21)6(3-19)23-13/h4-6,9-10,13,19,21-22H,2-3H2,1H3,(H,14,15,17,20)/t6-,9-,10-,13-/m1/s1. The van der Waals surface area contributed by atoms with Crippen molar-refractivity contribution in [2.45, 2.75) is 37.9 Å². The first-order valence-corrected chi connectivity index (χ1v) is 7.16. The Kier molecular flexibility index (Phi) is 4.22. The van der Waals surface area contributed by atoms with E-state index in [1.807, 2.05) is 0 Å². The van der Waals surface area contributed by atoms with Gasteiger partial charge in [-0.2, -0.15) is 0 Å². The summed E-state index contributed by atoms with van der Waals surface area (Å²) < 4.78 is 6.89. The Labute approximate surface area is 130 Å². The lowest BCUT2D eigenvalue weighted by Crippen LogP contribution is -2.33. The monoisotopic (exact) mass is 323 g/mol. The molecule has 0 unspecified atom stereocenters. The van der Waals surface area contributed by atoms with Crippen molar-refractivity contribution < 1.29 is 24.9 Å². The van der Waals surface area contributed by atoms with Gasteiger partial charge in [-0.25, -0.2) is 15.0 Å². The zero-order valence-electron chi connectivity index (χ0n) is 12.3. The molecule has 0 spiro atoms. The van der Waals surface area contributed by atoms with Crippen LogP contribution in [0, 0.1) is 0 Å². The highest BCUT2D eigenvalue weighted by Crippen LogP contribution is 2.31. The summed E-state index contributed by atoms with van der Waals surface area (Å²) in [6, 6.07) is 0. The summed E-state index contributed by atoms with van der Waals surface area (Å²) >= 11 is 0. The van der Waals surface area contributed by atoms with E-state index >= 15 is 0 Å².